The molecule has 1 aliphatic rings. The summed E-state index contributed by atoms with van der Waals surface area (Å²) in [6.07, 6.45) is 1.57. The molecule has 2 rings (SSSR count). The van der Waals surface area contributed by atoms with Crippen molar-refractivity contribution in [2.75, 3.05) is 38.7 Å². The molecule has 8 heteroatoms. The van der Waals surface area contributed by atoms with Gasteiger partial charge in [0, 0.05) is 33.1 Å². The zero-order valence-electron chi connectivity index (χ0n) is 11.4. The Morgan fingerprint density at radius 3 is 2.95 bits per heavy atom. The molecule has 1 amide bonds. The van der Waals surface area contributed by atoms with Gasteiger partial charge >= 0.3 is 5.97 Å². The van der Waals surface area contributed by atoms with Gasteiger partial charge in [0.25, 0.3) is 0 Å². The Morgan fingerprint density at radius 1 is 1.60 bits per heavy atom. The lowest BCUT2D eigenvalue weighted by molar-refractivity contribution is -0.127. The van der Waals surface area contributed by atoms with Crippen LogP contribution in [-0.4, -0.2) is 55.6 Å². The Labute approximate surface area is 126 Å². The number of halogens is 1. The highest BCUT2D eigenvalue weighted by Gasteiger charge is 2.22. The first-order valence-corrected chi connectivity index (χ1v) is 7.46. The van der Waals surface area contributed by atoms with E-state index in [-0.39, 0.29) is 11.1 Å². The van der Waals surface area contributed by atoms with Crippen molar-refractivity contribution >= 4 is 39.9 Å². The first-order valence-electron chi connectivity index (χ1n) is 6.26. The third-order valence-corrected chi connectivity index (χ3v) is 4.68. The minimum absolute atomic E-state index is 0.154. The third-order valence-electron chi connectivity index (χ3n) is 3.15. The molecule has 6 nitrogen and oxygen atoms in total. The topological polar surface area (TPSA) is 62.7 Å². The highest BCUT2D eigenvalue weighted by Crippen LogP contribution is 2.29. The van der Waals surface area contributed by atoms with E-state index in [2.05, 4.69) is 9.72 Å². The summed E-state index contributed by atoms with van der Waals surface area (Å²) in [6.45, 7) is 2.12. The SMILES string of the molecule is COC(=O)c1sc(N(C)CCN2CCCC2=O)nc1Cl. The van der Waals surface area contributed by atoms with Gasteiger partial charge in [-0.05, 0) is 6.42 Å². The molecule has 2 heterocycles. The van der Waals surface area contributed by atoms with Crippen LogP contribution in [0, 0.1) is 0 Å². The molecule has 0 saturated carbocycles. The number of likely N-dealkylation sites (N-methyl/N-ethyl adjacent to an activating group) is 1. The molecule has 0 atom stereocenters. The summed E-state index contributed by atoms with van der Waals surface area (Å²) in [6, 6.07) is 0. The van der Waals surface area contributed by atoms with Crippen molar-refractivity contribution < 1.29 is 14.3 Å². The van der Waals surface area contributed by atoms with Gasteiger partial charge in [-0.2, -0.15) is 0 Å². The molecule has 0 aromatic carbocycles. The summed E-state index contributed by atoms with van der Waals surface area (Å²) in [5.41, 5.74) is 0. The number of hydrogen-bond acceptors (Lipinski definition) is 6. The summed E-state index contributed by atoms with van der Waals surface area (Å²) in [4.78, 5) is 31.2. The third kappa shape index (κ3) is 3.21. The van der Waals surface area contributed by atoms with Crippen LogP contribution in [0.3, 0.4) is 0 Å². The lowest BCUT2D eigenvalue weighted by Crippen LogP contribution is -2.33. The molecule has 0 bridgehead atoms. The second kappa shape index (κ2) is 6.41. The van der Waals surface area contributed by atoms with Crippen LogP contribution < -0.4 is 4.90 Å². The second-order valence-electron chi connectivity index (χ2n) is 4.51. The average molecular weight is 318 g/mol. The van der Waals surface area contributed by atoms with E-state index < -0.39 is 5.97 Å². The van der Waals surface area contributed by atoms with Crippen LogP contribution in [0.4, 0.5) is 5.13 Å². The van der Waals surface area contributed by atoms with Gasteiger partial charge < -0.3 is 14.5 Å². The van der Waals surface area contributed by atoms with Gasteiger partial charge in [0.2, 0.25) is 5.91 Å². The number of carbonyl (C=O) groups excluding carboxylic acids is 2. The van der Waals surface area contributed by atoms with Crippen LogP contribution in [-0.2, 0) is 9.53 Å². The Morgan fingerprint density at radius 2 is 2.35 bits per heavy atom. The molecule has 1 aromatic heterocycles. The number of methoxy groups -OCH3 is 1. The maximum absolute atomic E-state index is 11.5. The highest BCUT2D eigenvalue weighted by molar-refractivity contribution is 7.18. The normalized spacial score (nSPS) is 14.8. The quantitative estimate of drug-likeness (QED) is 0.773. The van der Waals surface area contributed by atoms with Gasteiger partial charge in [0.05, 0.1) is 7.11 Å². The molecule has 1 saturated heterocycles. The highest BCUT2D eigenvalue weighted by atomic mass is 35.5. The van der Waals surface area contributed by atoms with Gasteiger partial charge in [0.1, 0.15) is 0 Å². The first kappa shape index (κ1) is 15.1. The predicted molar refractivity (Wildman–Crippen MR) is 77.5 cm³/mol. The summed E-state index contributed by atoms with van der Waals surface area (Å²) in [7, 11) is 3.16. The van der Waals surface area contributed by atoms with Gasteiger partial charge in [-0.25, -0.2) is 9.78 Å². The molecular formula is C12H16ClN3O3S. The fourth-order valence-corrected chi connectivity index (χ4v) is 3.17. The Kier molecular flexibility index (Phi) is 4.82. The van der Waals surface area contributed by atoms with Crippen molar-refractivity contribution in [2.45, 2.75) is 12.8 Å². The number of hydrogen-bond donors (Lipinski definition) is 0. The molecule has 0 radical (unpaired) electrons. The number of thiazole rings is 1. The van der Waals surface area contributed by atoms with Gasteiger partial charge in [0.15, 0.2) is 15.2 Å². The lowest BCUT2D eigenvalue weighted by atomic mass is 10.4. The van der Waals surface area contributed by atoms with Crippen molar-refractivity contribution in [2.24, 2.45) is 0 Å². The molecule has 1 aliphatic heterocycles. The second-order valence-corrected chi connectivity index (χ2v) is 5.85. The van der Waals surface area contributed by atoms with E-state index in [0.29, 0.717) is 29.5 Å². The monoisotopic (exact) mass is 317 g/mol. The lowest BCUT2D eigenvalue weighted by Gasteiger charge is -2.21. The largest absolute Gasteiger partial charge is 0.465 e. The summed E-state index contributed by atoms with van der Waals surface area (Å²) >= 11 is 7.11. The van der Waals surface area contributed by atoms with Crippen molar-refractivity contribution in [3.05, 3.63) is 10.0 Å². The van der Waals surface area contributed by atoms with E-state index in [0.717, 1.165) is 13.0 Å². The summed E-state index contributed by atoms with van der Waals surface area (Å²) in [5, 5.41) is 0.794. The fraction of sp³-hybridized carbons (Fsp3) is 0.583. The molecule has 1 aromatic rings. The molecule has 0 aliphatic carbocycles. The van der Waals surface area contributed by atoms with E-state index in [1.165, 1.54) is 18.4 Å². The molecule has 0 unspecified atom stereocenters. The number of aromatic nitrogens is 1. The Hall–Kier alpha value is -1.34. The van der Waals surface area contributed by atoms with E-state index in [1.807, 2.05) is 16.8 Å². The maximum Gasteiger partial charge on any atom is 0.351 e. The molecule has 20 heavy (non-hydrogen) atoms. The standard InChI is InChI=1S/C12H16ClN3O3S/c1-15(6-7-16-5-3-4-8(16)17)12-14-10(13)9(20-12)11(18)19-2/h3-7H2,1-2H3. The zero-order chi connectivity index (χ0) is 14.7. The van der Waals surface area contributed by atoms with Crippen LogP contribution >= 0.6 is 22.9 Å². The van der Waals surface area contributed by atoms with Crippen molar-refractivity contribution in [1.82, 2.24) is 9.88 Å². The molecule has 0 spiro atoms. The fourth-order valence-electron chi connectivity index (χ4n) is 1.98. The Bertz CT molecular complexity index is 520. The van der Waals surface area contributed by atoms with Crippen molar-refractivity contribution in [3.8, 4) is 0 Å². The zero-order valence-corrected chi connectivity index (χ0v) is 13.0. The van der Waals surface area contributed by atoms with Crippen LogP contribution in [0.25, 0.3) is 0 Å². The van der Waals surface area contributed by atoms with Crippen LogP contribution in [0.1, 0.15) is 22.5 Å². The van der Waals surface area contributed by atoms with Gasteiger partial charge in [-0.3, -0.25) is 4.79 Å². The number of nitrogens with zero attached hydrogens (tertiary/aromatic N) is 3. The van der Waals surface area contributed by atoms with Crippen LogP contribution in [0.5, 0.6) is 0 Å². The number of amides is 1. The summed E-state index contributed by atoms with van der Waals surface area (Å²) in [5.74, 6) is -0.285. The number of likely N-dealkylation sites (tertiary alicyclic amines) is 1. The van der Waals surface area contributed by atoms with Crippen molar-refractivity contribution in [1.29, 1.82) is 0 Å². The minimum Gasteiger partial charge on any atom is -0.465 e. The van der Waals surface area contributed by atoms with Crippen LogP contribution in [0.2, 0.25) is 5.15 Å². The number of carbonyl (C=O) groups is 2. The molecule has 110 valence electrons. The van der Waals surface area contributed by atoms with E-state index in [4.69, 9.17) is 11.6 Å². The van der Waals surface area contributed by atoms with Crippen molar-refractivity contribution in [3.63, 3.8) is 0 Å². The van der Waals surface area contributed by atoms with E-state index in [9.17, 15) is 9.59 Å². The molecular weight excluding hydrogens is 302 g/mol. The molecule has 0 N–H and O–H groups in total. The smallest absolute Gasteiger partial charge is 0.351 e. The number of rotatable bonds is 5. The number of esters is 1. The number of anilines is 1. The number of ether oxygens (including phenoxy) is 1. The van der Waals surface area contributed by atoms with Gasteiger partial charge in [-0.1, -0.05) is 22.9 Å². The maximum atomic E-state index is 11.5. The minimum atomic E-state index is -0.484. The van der Waals surface area contributed by atoms with E-state index in [1.54, 1.807) is 0 Å². The summed E-state index contributed by atoms with van der Waals surface area (Å²) < 4.78 is 4.64. The van der Waals surface area contributed by atoms with Crippen LogP contribution in [0.15, 0.2) is 0 Å². The first-order chi connectivity index (χ1) is 9.52. The average Bonchev–Trinajstić information content (AvgIpc) is 3.01. The van der Waals surface area contributed by atoms with E-state index >= 15 is 0 Å². The van der Waals surface area contributed by atoms with Gasteiger partial charge in [-0.15, -0.1) is 0 Å². The Balaban J connectivity index is 1.97. The molecule has 1 fully saturated rings. The predicted octanol–water partition coefficient (Wildman–Crippen LogP) is 1.64.